The summed E-state index contributed by atoms with van der Waals surface area (Å²) in [7, 11) is -3.37. The highest BCUT2D eigenvalue weighted by Gasteiger charge is 2.17. The van der Waals surface area contributed by atoms with Gasteiger partial charge in [0.25, 0.3) is 0 Å². The van der Waals surface area contributed by atoms with Gasteiger partial charge >= 0.3 is 5.97 Å². The summed E-state index contributed by atoms with van der Waals surface area (Å²) in [5.41, 5.74) is 0.647. The summed E-state index contributed by atoms with van der Waals surface area (Å²) < 4.78 is 29.1. The molecule has 0 aliphatic heterocycles. The van der Waals surface area contributed by atoms with Crippen LogP contribution in [0.25, 0.3) is 0 Å². The van der Waals surface area contributed by atoms with Crippen LogP contribution in [0.4, 0.5) is 0 Å². The van der Waals surface area contributed by atoms with Gasteiger partial charge in [-0.15, -0.1) is 11.6 Å². The van der Waals surface area contributed by atoms with Gasteiger partial charge in [0.1, 0.15) is 5.38 Å². The molecule has 21 heavy (non-hydrogen) atoms. The Labute approximate surface area is 130 Å². The van der Waals surface area contributed by atoms with Crippen LogP contribution >= 0.6 is 11.6 Å². The van der Waals surface area contributed by atoms with E-state index in [9.17, 15) is 13.2 Å². The van der Waals surface area contributed by atoms with Crippen molar-refractivity contribution in [2.45, 2.75) is 30.5 Å². The lowest BCUT2D eigenvalue weighted by atomic mass is 10.2. The molecular weight excluding hydrogens is 312 g/mol. The number of benzene rings is 1. The van der Waals surface area contributed by atoms with Crippen LogP contribution in [0.15, 0.2) is 46.9 Å². The standard InChI is InChI=1S/C15H19ClO4S/c1-3-20-15(17)14(16)10-9-12(2)11-21(18,19)13-7-5-4-6-8-13/h4-9,14H,3,10-11H2,1-2H3/b12-9+. The monoisotopic (exact) mass is 330 g/mol. The van der Waals surface area contributed by atoms with Gasteiger partial charge in [0, 0.05) is 0 Å². The first-order valence-electron chi connectivity index (χ1n) is 6.61. The summed E-state index contributed by atoms with van der Waals surface area (Å²) in [6, 6.07) is 8.25. The topological polar surface area (TPSA) is 60.4 Å². The molecule has 1 aromatic carbocycles. The highest BCUT2D eigenvalue weighted by Crippen LogP contribution is 2.15. The van der Waals surface area contributed by atoms with E-state index in [1.54, 1.807) is 50.3 Å². The zero-order chi connectivity index (χ0) is 15.9. The SMILES string of the molecule is CCOC(=O)C(Cl)C/C=C(\C)CS(=O)(=O)c1ccccc1. The number of rotatable bonds is 7. The van der Waals surface area contributed by atoms with Crippen molar-refractivity contribution < 1.29 is 17.9 Å². The van der Waals surface area contributed by atoms with Crippen LogP contribution < -0.4 is 0 Å². The Morgan fingerprint density at radius 1 is 1.33 bits per heavy atom. The minimum absolute atomic E-state index is 0.0938. The van der Waals surface area contributed by atoms with Gasteiger partial charge in [0.15, 0.2) is 9.84 Å². The maximum atomic E-state index is 12.2. The van der Waals surface area contributed by atoms with E-state index in [1.807, 2.05) is 0 Å². The summed E-state index contributed by atoms with van der Waals surface area (Å²) in [6.45, 7) is 3.68. The van der Waals surface area contributed by atoms with E-state index in [-0.39, 0.29) is 23.7 Å². The van der Waals surface area contributed by atoms with E-state index in [2.05, 4.69) is 0 Å². The van der Waals surface area contributed by atoms with Gasteiger partial charge in [0.05, 0.1) is 17.3 Å². The zero-order valence-corrected chi connectivity index (χ0v) is 13.7. The first-order chi connectivity index (χ1) is 9.86. The minimum atomic E-state index is -3.37. The average molecular weight is 331 g/mol. The quantitative estimate of drug-likeness (QED) is 0.438. The van der Waals surface area contributed by atoms with Crippen molar-refractivity contribution in [1.82, 2.24) is 0 Å². The van der Waals surface area contributed by atoms with Gasteiger partial charge in [-0.1, -0.05) is 29.8 Å². The first kappa shape index (κ1) is 17.7. The summed E-state index contributed by atoms with van der Waals surface area (Å²) in [5, 5.41) is -0.792. The number of esters is 1. The molecule has 0 aliphatic rings. The van der Waals surface area contributed by atoms with Gasteiger partial charge in [-0.05, 0) is 32.4 Å². The van der Waals surface area contributed by atoms with Crippen molar-refractivity contribution in [3.8, 4) is 0 Å². The Balaban J connectivity index is 2.66. The summed E-state index contributed by atoms with van der Waals surface area (Å²) >= 11 is 5.87. The van der Waals surface area contributed by atoms with Crippen molar-refractivity contribution in [2.75, 3.05) is 12.4 Å². The maximum Gasteiger partial charge on any atom is 0.324 e. The van der Waals surface area contributed by atoms with Gasteiger partial charge < -0.3 is 4.74 Å². The van der Waals surface area contributed by atoms with E-state index in [1.165, 1.54) is 0 Å². The van der Waals surface area contributed by atoms with Crippen LogP contribution in [0.5, 0.6) is 0 Å². The largest absolute Gasteiger partial charge is 0.465 e. The molecule has 0 saturated carbocycles. The van der Waals surface area contributed by atoms with Gasteiger partial charge in [0.2, 0.25) is 0 Å². The number of carbonyl (C=O) groups is 1. The molecular formula is C15H19ClO4S. The molecule has 0 heterocycles. The molecule has 0 amide bonds. The molecule has 0 N–H and O–H groups in total. The molecule has 0 fully saturated rings. The summed E-state index contributed by atoms with van der Waals surface area (Å²) in [5.74, 6) is -0.585. The number of halogens is 1. The first-order valence-corrected chi connectivity index (χ1v) is 8.70. The third-order valence-corrected chi connectivity index (χ3v) is 4.92. The van der Waals surface area contributed by atoms with Gasteiger partial charge in [-0.3, -0.25) is 4.79 Å². The zero-order valence-electron chi connectivity index (χ0n) is 12.1. The summed E-state index contributed by atoms with van der Waals surface area (Å²) in [4.78, 5) is 11.6. The Bertz CT molecular complexity index is 593. The van der Waals surface area contributed by atoms with Crippen LogP contribution in [0.1, 0.15) is 20.3 Å². The predicted molar refractivity (Wildman–Crippen MR) is 83.1 cm³/mol. The predicted octanol–water partition coefficient (Wildman–Crippen LogP) is 2.97. The molecule has 0 saturated heterocycles. The van der Waals surface area contributed by atoms with Crippen LogP contribution in [0, 0.1) is 0 Å². The smallest absolute Gasteiger partial charge is 0.324 e. The molecule has 0 spiro atoms. The number of allylic oxidation sites excluding steroid dienone is 1. The Hall–Kier alpha value is -1.33. The second-order valence-corrected chi connectivity index (χ2v) is 7.09. The third kappa shape index (κ3) is 5.89. The van der Waals surface area contributed by atoms with E-state index in [0.29, 0.717) is 5.57 Å². The molecule has 1 rings (SSSR count). The average Bonchev–Trinajstić information content (AvgIpc) is 2.45. The number of alkyl halides is 1. The normalized spacial score (nSPS) is 13.8. The van der Waals surface area contributed by atoms with Crippen LogP contribution in [0.2, 0.25) is 0 Å². The second-order valence-electron chi connectivity index (χ2n) is 4.58. The molecule has 0 aliphatic carbocycles. The lowest BCUT2D eigenvalue weighted by molar-refractivity contribution is -0.142. The fourth-order valence-electron chi connectivity index (χ4n) is 1.70. The number of ether oxygens (including phenoxy) is 1. The third-order valence-electron chi connectivity index (χ3n) is 2.74. The highest BCUT2D eigenvalue weighted by molar-refractivity contribution is 7.91. The van der Waals surface area contributed by atoms with Crippen molar-refractivity contribution >= 4 is 27.4 Å². The molecule has 1 aromatic rings. The van der Waals surface area contributed by atoms with Gasteiger partial charge in [-0.2, -0.15) is 0 Å². The van der Waals surface area contributed by atoms with E-state index in [0.717, 1.165) is 0 Å². The molecule has 1 unspecified atom stereocenters. The van der Waals surface area contributed by atoms with Crippen LogP contribution in [0.3, 0.4) is 0 Å². The summed E-state index contributed by atoms with van der Waals surface area (Å²) in [6.07, 6.45) is 1.91. The fraction of sp³-hybridized carbons (Fsp3) is 0.400. The van der Waals surface area contributed by atoms with Crippen molar-refractivity contribution in [2.24, 2.45) is 0 Å². The number of hydrogen-bond acceptors (Lipinski definition) is 4. The van der Waals surface area contributed by atoms with Crippen LogP contribution in [-0.4, -0.2) is 32.1 Å². The molecule has 4 nitrogen and oxygen atoms in total. The second kappa shape index (κ2) is 8.20. The van der Waals surface area contributed by atoms with Crippen molar-refractivity contribution in [1.29, 1.82) is 0 Å². The number of carbonyl (C=O) groups excluding carboxylic acids is 1. The van der Waals surface area contributed by atoms with Crippen LogP contribution in [-0.2, 0) is 19.4 Å². The van der Waals surface area contributed by atoms with Gasteiger partial charge in [-0.25, -0.2) is 8.42 Å². The fourth-order valence-corrected chi connectivity index (χ4v) is 3.31. The van der Waals surface area contributed by atoms with E-state index < -0.39 is 21.2 Å². The molecule has 0 aromatic heterocycles. The maximum absolute atomic E-state index is 12.2. The molecule has 0 bridgehead atoms. The molecule has 1 atom stereocenters. The molecule has 0 radical (unpaired) electrons. The molecule has 116 valence electrons. The Kier molecular flexibility index (Phi) is 6.92. The number of sulfone groups is 1. The minimum Gasteiger partial charge on any atom is -0.465 e. The Morgan fingerprint density at radius 3 is 2.52 bits per heavy atom. The molecule has 6 heteroatoms. The lowest BCUT2D eigenvalue weighted by Gasteiger charge is -2.08. The van der Waals surface area contributed by atoms with Crippen molar-refractivity contribution in [3.63, 3.8) is 0 Å². The van der Waals surface area contributed by atoms with Crippen molar-refractivity contribution in [3.05, 3.63) is 42.0 Å². The Morgan fingerprint density at radius 2 is 1.95 bits per heavy atom. The van der Waals surface area contributed by atoms with E-state index >= 15 is 0 Å². The highest BCUT2D eigenvalue weighted by atomic mass is 35.5. The lowest BCUT2D eigenvalue weighted by Crippen LogP contribution is -2.17. The number of hydrogen-bond donors (Lipinski definition) is 0. The van der Waals surface area contributed by atoms with E-state index in [4.69, 9.17) is 16.3 Å².